The van der Waals surface area contributed by atoms with Crippen molar-refractivity contribution in [3.05, 3.63) is 23.5 Å². The zero-order chi connectivity index (χ0) is 8.10. The molecule has 0 aliphatic carbocycles. The maximum Gasteiger partial charge on any atom is 0.131 e. The number of hydrogen-bond acceptors (Lipinski definition) is 2. The Morgan fingerprint density at radius 1 is 1.73 bits per heavy atom. The minimum atomic E-state index is 0.465. The second kappa shape index (κ2) is 3.85. The van der Waals surface area contributed by atoms with Gasteiger partial charge < -0.3 is 5.32 Å². The van der Waals surface area contributed by atoms with Gasteiger partial charge >= 0.3 is 0 Å². The molecule has 0 aromatic carbocycles. The first-order chi connectivity index (χ1) is 5.33. The standard InChI is InChI=1S/C8H7ClN2/c1-2-4-10-7-3-5-11-8(9)6-7/h1,3,5-6H,4H2,(H,10,11). The molecule has 0 unspecified atom stereocenters. The molecular weight excluding hydrogens is 160 g/mol. The van der Waals surface area contributed by atoms with Gasteiger partial charge in [-0.2, -0.15) is 0 Å². The summed E-state index contributed by atoms with van der Waals surface area (Å²) in [4.78, 5) is 3.82. The summed E-state index contributed by atoms with van der Waals surface area (Å²) in [6.07, 6.45) is 6.68. The molecule has 1 heterocycles. The highest BCUT2D eigenvalue weighted by Crippen LogP contribution is 2.10. The summed E-state index contributed by atoms with van der Waals surface area (Å²) in [6.45, 7) is 0.500. The molecule has 56 valence electrons. The smallest absolute Gasteiger partial charge is 0.131 e. The van der Waals surface area contributed by atoms with E-state index in [-0.39, 0.29) is 0 Å². The Morgan fingerprint density at radius 3 is 3.18 bits per heavy atom. The van der Waals surface area contributed by atoms with Crippen LogP contribution in [-0.4, -0.2) is 11.5 Å². The predicted molar refractivity (Wildman–Crippen MR) is 46.6 cm³/mol. The van der Waals surface area contributed by atoms with Gasteiger partial charge in [0.05, 0.1) is 6.54 Å². The lowest BCUT2D eigenvalue weighted by Gasteiger charge is -2.00. The van der Waals surface area contributed by atoms with Gasteiger partial charge in [0.2, 0.25) is 0 Å². The van der Waals surface area contributed by atoms with Crippen LogP contribution in [0.3, 0.4) is 0 Å². The topological polar surface area (TPSA) is 24.9 Å². The molecule has 1 N–H and O–H groups in total. The Labute approximate surface area is 70.6 Å². The number of terminal acetylenes is 1. The molecule has 2 nitrogen and oxygen atoms in total. The van der Waals surface area contributed by atoms with Crippen LogP contribution in [0.25, 0.3) is 0 Å². The molecule has 0 bridgehead atoms. The molecule has 0 aliphatic heterocycles. The quantitative estimate of drug-likeness (QED) is 0.535. The fraction of sp³-hybridized carbons (Fsp3) is 0.125. The van der Waals surface area contributed by atoms with Crippen LogP contribution in [0.4, 0.5) is 5.69 Å². The Hall–Kier alpha value is -1.20. The minimum absolute atomic E-state index is 0.465. The normalized spacial score (nSPS) is 8.73. The molecule has 0 saturated heterocycles. The van der Waals surface area contributed by atoms with Crippen molar-refractivity contribution < 1.29 is 0 Å². The van der Waals surface area contributed by atoms with Gasteiger partial charge in [0.25, 0.3) is 0 Å². The van der Waals surface area contributed by atoms with Crippen LogP contribution in [0, 0.1) is 12.3 Å². The Balaban J connectivity index is 2.65. The highest BCUT2D eigenvalue weighted by Gasteiger charge is 1.90. The lowest BCUT2D eigenvalue weighted by atomic mass is 10.4. The van der Waals surface area contributed by atoms with Gasteiger partial charge in [-0.3, -0.25) is 0 Å². The van der Waals surface area contributed by atoms with Crippen molar-refractivity contribution in [1.82, 2.24) is 4.98 Å². The third-order valence-electron chi connectivity index (χ3n) is 1.12. The van der Waals surface area contributed by atoms with Crippen LogP contribution in [0.2, 0.25) is 5.15 Å². The number of halogens is 1. The molecule has 0 amide bonds. The minimum Gasteiger partial charge on any atom is -0.374 e. The Bertz CT molecular complexity index is 278. The average Bonchev–Trinajstić information content (AvgIpc) is 2.01. The van der Waals surface area contributed by atoms with E-state index in [1.54, 1.807) is 12.3 Å². The highest BCUT2D eigenvalue weighted by atomic mass is 35.5. The van der Waals surface area contributed by atoms with E-state index in [0.29, 0.717) is 11.7 Å². The highest BCUT2D eigenvalue weighted by molar-refractivity contribution is 6.29. The zero-order valence-corrected chi connectivity index (χ0v) is 6.60. The van der Waals surface area contributed by atoms with Gasteiger partial charge in [-0.15, -0.1) is 6.42 Å². The molecule has 3 heteroatoms. The van der Waals surface area contributed by atoms with Crippen molar-refractivity contribution in [2.24, 2.45) is 0 Å². The molecule has 1 rings (SSSR count). The van der Waals surface area contributed by atoms with Gasteiger partial charge in [0.15, 0.2) is 0 Å². The van der Waals surface area contributed by atoms with Gasteiger partial charge in [0.1, 0.15) is 5.15 Å². The zero-order valence-electron chi connectivity index (χ0n) is 5.84. The fourth-order valence-corrected chi connectivity index (χ4v) is 0.839. The van der Waals surface area contributed by atoms with Crippen molar-refractivity contribution >= 4 is 17.3 Å². The third-order valence-corrected chi connectivity index (χ3v) is 1.33. The molecule has 0 radical (unpaired) electrons. The van der Waals surface area contributed by atoms with Crippen LogP contribution in [0.15, 0.2) is 18.3 Å². The summed E-state index contributed by atoms with van der Waals surface area (Å²) in [6, 6.07) is 3.53. The molecular formula is C8H7ClN2. The number of hydrogen-bond donors (Lipinski definition) is 1. The first kappa shape index (κ1) is 7.90. The summed E-state index contributed by atoms with van der Waals surface area (Å²) in [5, 5.41) is 3.44. The number of pyridine rings is 1. The van der Waals surface area contributed by atoms with E-state index in [0.717, 1.165) is 5.69 Å². The molecule has 0 saturated carbocycles. The molecule has 1 aromatic rings. The number of nitrogens with zero attached hydrogens (tertiary/aromatic N) is 1. The monoisotopic (exact) mass is 166 g/mol. The van der Waals surface area contributed by atoms with E-state index in [1.165, 1.54) is 0 Å². The van der Waals surface area contributed by atoms with Crippen molar-refractivity contribution in [3.63, 3.8) is 0 Å². The van der Waals surface area contributed by atoms with Gasteiger partial charge in [-0.1, -0.05) is 17.5 Å². The van der Waals surface area contributed by atoms with Crippen molar-refractivity contribution in [2.45, 2.75) is 0 Å². The van der Waals surface area contributed by atoms with Gasteiger partial charge in [-0.05, 0) is 12.1 Å². The lowest BCUT2D eigenvalue weighted by molar-refractivity contribution is 1.29. The van der Waals surface area contributed by atoms with E-state index in [2.05, 4.69) is 16.2 Å². The van der Waals surface area contributed by atoms with Crippen molar-refractivity contribution in [1.29, 1.82) is 0 Å². The first-order valence-corrected chi connectivity index (χ1v) is 3.49. The summed E-state index contributed by atoms with van der Waals surface area (Å²) >= 11 is 5.62. The van der Waals surface area contributed by atoms with Gasteiger partial charge in [0, 0.05) is 11.9 Å². The molecule has 11 heavy (non-hydrogen) atoms. The van der Waals surface area contributed by atoms with Crippen LogP contribution in [-0.2, 0) is 0 Å². The summed E-state index contributed by atoms with van der Waals surface area (Å²) < 4.78 is 0. The molecule has 0 atom stereocenters. The Morgan fingerprint density at radius 2 is 2.55 bits per heavy atom. The van der Waals surface area contributed by atoms with Crippen molar-refractivity contribution in [2.75, 3.05) is 11.9 Å². The van der Waals surface area contributed by atoms with Crippen LogP contribution in [0.5, 0.6) is 0 Å². The van der Waals surface area contributed by atoms with Crippen LogP contribution >= 0.6 is 11.6 Å². The summed E-state index contributed by atoms with van der Waals surface area (Å²) in [5.41, 5.74) is 0.892. The predicted octanol–water partition coefficient (Wildman–Crippen LogP) is 1.78. The molecule has 0 spiro atoms. The third kappa shape index (κ3) is 2.48. The second-order valence-electron chi connectivity index (χ2n) is 1.92. The van der Waals surface area contributed by atoms with E-state index in [1.807, 2.05) is 6.07 Å². The van der Waals surface area contributed by atoms with Crippen LogP contribution in [0.1, 0.15) is 0 Å². The summed E-state index contributed by atoms with van der Waals surface area (Å²) in [7, 11) is 0. The largest absolute Gasteiger partial charge is 0.374 e. The average molecular weight is 167 g/mol. The number of nitrogens with one attached hydrogen (secondary N) is 1. The number of aromatic nitrogens is 1. The lowest BCUT2D eigenvalue weighted by Crippen LogP contribution is -1.97. The molecule has 0 fully saturated rings. The number of rotatable bonds is 2. The summed E-state index contributed by atoms with van der Waals surface area (Å²) in [5.74, 6) is 2.46. The number of anilines is 1. The van der Waals surface area contributed by atoms with E-state index < -0.39 is 0 Å². The fourth-order valence-electron chi connectivity index (χ4n) is 0.666. The van der Waals surface area contributed by atoms with Gasteiger partial charge in [-0.25, -0.2) is 4.98 Å². The maximum atomic E-state index is 5.62. The second-order valence-corrected chi connectivity index (χ2v) is 2.31. The Kier molecular flexibility index (Phi) is 2.76. The van der Waals surface area contributed by atoms with E-state index >= 15 is 0 Å². The molecule has 0 aliphatic rings. The van der Waals surface area contributed by atoms with Crippen molar-refractivity contribution in [3.8, 4) is 12.3 Å². The first-order valence-electron chi connectivity index (χ1n) is 3.12. The van der Waals surface area contributed by atoms with E-state index in [4.69, 9.17) is 18.0 Å². The maximum absolute atomic E-state index is 5.62. The van der Waals surface area contributed by atoms with Crippen LogP contribution < -0.4 is 5.32 Å². The SMILES string of the molecule is C#CCNc1ccnc(Cl)c1. The molecule has 1 aromatic heterocycles. The van der Waals surface area contributed by atoms with E-state index in [9.17, 15) is 0 Å².